The molecule has 4 nitrogen and oxygen atoms in total. The van der Waals surface area contributed by atoms with Crippen LogP contribution in [-0.4, -0.2) is 11.3 Å². The number of hydrogen-bond donors (Lipinski definition) is 0. The number of nitrogens with zero attached hydrogens (tertiary/aromatic N) is 1. The maximum Gasteiger partial charge on any atom is 0.573 e. The first-order valence-corrected chi connectivity index (χ1v) is 7.04. The summed E-state index contributed by atoms with van der Waals surface area (Å²) in [6.07, 6.45) is -4.70. The van der Waals surface area contributed by atoms with Gasteiger partial charge in [0.1, 0.15) is 5.75 Å². The predicted molar refractivity (Wildman–Crippen MR) is 75.8 cm³/mol. The van der Waals surface area contributed by atoms with Crippen molar-refractivity contribution in [3.63, 3.8) is 0 Å². The zero-order chi connectivity index (χ0) is 16.2. The molecule has 2 aromatic carbocycles. The molecule has 0 N–H and O–H groups in total. The number of benzene rings is 2. The van der Waals surface area contributed by atoms with E-state index in [2.05, 4.69) is 4.74 Å². The Labute approximate surface area is 128 Å². The van der Waals surface area contributed by atoms with Crippen LogP contribution in [0.25, 0.3) is 0 Å². The van der Waals surface area contributed by atoms with Gasteiger partial charge >= 0.3 is 6.36 Å². The fourth-order valence-corrected chi connectivity index (χ4v) is 2.47. The molecule has 0 aromatic heterocycles. The Morgan fingerprint density at radius 1 is 1.05 bits per heavy atom. The summed E-state index contributed by atoms with van der Waals surface area (Å²) in [5, 5.41) is 10.5. The fraction of sp³-hybridized carbons (Fsp3) is 0.143. The lowest BCUT2D eigenvalue weighted by atomic mass is 10.2. The Kier molecular flexibility index (Phi) is 4.92. The monoisotopic (exact) mass is 329 g/mol. The van der Waals surface area contributed by atoms with E-state index in [0.29, 0.717) is 5.75 Å². The average Bonchev–Trinajstić information content (AvgIpc) is 2.45. The summed E-state index contributed by atoms with van der Waals surface area (Å²) < 4.78 is 39.9. The number of thioether (sulfide) groups is 1. The van der Waals surface area contributed by atoms with E-state index < -0.39 is 11.3 Å². The summed E-state index contributed by atoms with van der Waals surface area (Å²) in [6.45, 7) is 0. The van der Waals surface area contributed by atoms with Gasteiger partial charge in [0.15, 0.2) is 0 Å². The molecule has 0 aliphatic carbocycles. The lowest BCUT2D eigenvalue weighted by Gasteiger charge is -2.09. The summed E-state index contributed by atoms with van der Waals surface area (Å²) in [4.78, 5) is 10.9. The van der Waals surface area contributed by atoms with Crippen LogP contribution >= 0.6 is 11.8 Å². The number of alkyl halides is 3. The largest absolute Gasteiger partial charge is 0.573 e. The Hall–Kier alpha value is -2.22. The van der Waals surface area contributed by atoms with Crippen LogP contribution in [0, 0.1) is 10.1 Å². The van der Waals surface area contributed by atoms with Crippen molar-refractivity contribution < 1.29 is 22.8 Å². The quantitative estimate of drug-likeness (QED) is 0.450. The molecule has 0 heterocycles. The molecule has 8 heteroatoms. The molecule has 2 aromatic rings. The lowest BCUT2D eigenvalue weighted by molar-refractivity contribution is -0.384. The highest BCUT2D eigenvalue weighted by atomic mass is 32.2. The molecule has 0 atom stereocenters. The fourth-order valence-electron chi connectivity index (χ4n) is 1.62. The van der Waals surface area contributed by atoms with Crippen molar-refractivity contribution in [3.8, 4) is 5.75 Å². The second kappa shape index (κ2) is 6.69. The summed E-state index contributed by atoms with van der Waals surface area (Å²) in [5.41, 5.74) is 0.830. The molecule has 0 radical (unpaired) electrons. The summed E-state index contributed by atoms with van der Waals surface area (Å²) in [6, 6.07) is 11.6. The molecule has 116 valence electrons. The number of hydrogen-bond acceptors (Lipinski definition) is 4. The third-order valence-corrected chi connectivity index (χ3v) is 3.69. The smallest absolute Gasteiger partial charge is 0.406 e. The zero-order valence-corrected chi connectivity index (χ0v) is 11.9. The minimum atomic E-state index is -4.70. The second-order valence-electron chi connectivity index (χ2n) is 4.23. The van der Waals surface area contributed by atoms with Crippen LogP contribution in [0.3, 0.4) is 0 Å². The molecule has 0 saturated carbocycles. The number of nitro groups is 1. The van der Waals surface area contributed by atoms with E-state index in [1.807, 2.05) is 0 Å². The van der Waals surface area contributed by atoms with Crippen LogP contribution in [0.4, 0.5) is 18.9 Å². The van der Waals surface area contributed by atoms with E-state index in [1.165, 1.54) is 36.0 Å². The van der Waals surface area contributed by atoms with Crippen molar-refractivity contribution in [2.24, 2.45) is 0 Å². The van der Waals surface area contributed by atoms with E-state index in [9.17, 15) is 23.3 Å². The number of nitro benzene ring substituents is 1. The number of ether oxygens (including phenoxy) is 1. The Bertz CT molecular complexity index is 642. The van der Waals surface area contributed by atoms with Crippen molar-refractivity contribution in [1.82, 2.24) is 0 Å². The van der Waals surface area contributed by atoms with Crippen molar-refractivity contribution >= 4 is 17.4 Å². The van der Waals surface area contributed by atoms with Gasteiger partial charge in [-0.05, 0) is 29.8 Å². The standard InChI is InChI=1S/C14H10F3NO3S/c15-14(16,17)21-12-5-1-10(2-6-12)9-22-13-7-3-11(4-8-13)18(19)20/h1-8H,9H2. The van der Waals surface area contributed by atoms with Gasteiger partial charge in [-0.25, -0.2) is 0 Å². The van der Waals surface area contributed by atoms with Gasteiger partial charge in [-0.3, -0.25) is 10.1 Å². The van der Waals surface area contributed by atoms with E-state index in [-0.39, 0.29) is 11.4 Å². The third-order valence-electron chi connectivity index (χ3n) is 2.61. The van der Waals surface area contributed by atoms with Gasteiger partial charge < -0.3 is 4.74 Å². The maximum absolute atomic E-state index is 12.0. The SMILES string of the molecule is O=[N+]([O-])c1ccc(SCc2ccc(OC(F)(F)F)cc2)cc1. The van der Waals surface area contributed by atoms with Crippen LogP contribution in [0.2, 0.25) is 0 Å². The number of non-ortho nitro benzene ring substituents is 1. The van der Waals surface area contributed by atoms with Gasteiger partial charge in [-0.15, -0.1) is 24.9 Å². The van der Waals surface area contributed by atoms with Crippen LogP contribution < -0.4 is 4.74 Å². The van der Waals surface area contributed by atoms with Crippen molar-refractivity contribution in [2.75, 3.05) is 0 Å². The maximum atomic E-state index is 12.0. The van der Waals surface area contributed by atoms with Crippen molar-refractivity contribution in [3.05, 3.63) is 64.2 Å². The first-order valence-electron chi connectivity index (χ1n) is 6.05. The zero-order valence-electron chi connectivity index (χ0n) is 11.0. The van der Waals surface area contributed by atoms with Crippen LogP contribution in [-0.2, 0) is 5.75 Å². The molecule has 0 unspecified atom stereocenters. The lowest BCUT2D eigenvalue weighted by Crippen LogP contribution is -2.16. The molecule has 0 saturated heterocycles. The van der Waals surface area contributed by atoms with Crippen LogP contribution in [0.15, 0.2) is 53.4 Å². The Morgan fingerprint density at radius 2 is 1.64 bits per heavy atom. The Balaban J connectivity index is 1.92. The highest BCUT2D eigenvalue weighted by Crippen LogP contribution is 2.27. The first-order chi connectivity index (χ1) is 10.3. The molecule has 0 bridgehead atoms. The summed E-state index contributed by atoms with van der Waals surface area (Å²) in [5.74, 6) is 0.265. The highest BCUT2D eigenvalue weighted by molar-refractivity contribution is 7.98. The average molecular weight is 329 g/mol. The molecule has 2 rings (SSSR count). The molecule has 0 aliphatic rings. The number of halogens is 3. The van der Waals surface area contributed by atoms with Crippen molar-refractivity contribution in [2.45, 2.75) is 17.0 Å². The van der Waals surface area contributed by atoms with Gasteiger partial charge in [0.05, 0.1) is 4.92 Å². The van der Waals surface area contributed by atoms with Gasteiger partial charge in [0, 0.05) is 22.8 Å². The summed E-state index contributed by atoms with van der Waals surface area (Å²) >= 11 is 1.43. The molecular weight excluding hydrogens is 319 g/mol. The molecule has 0 spiro atoms. The van der Waals surface area contributed by atoms with Crippen LogP contribution in [0.1, 0.15) is 5.56 Å². The van der Waals surface area contributed by atoms with E-state index in [4.69, 9.17) is 0 Å². The van der Waals surface area contributed by atoms with Crippen LogP contribution in [0.5, 0.6) is 5.75 Å². The van der Waals surface area contributed by atoms with Gasteiger partial charge in [-0.2, -0.15) is 0 Å². The molecular formula is C14H10F3NO3S. The van der Waals surface area contributed by atoms with E-state index in [1.54, 1.807) is 24.3 Å². The third kappa shape index (κ3) is 4.96. The molecule has 22 heavy (non-hydrogen) atoms. The summed E-state index contributed by atoms with van der Waals surface area (Å²) in [7, 11) is 0. The van der Waals surface area contributed by atoms with Gasteiger partial charge in [0.25, 0.3) is 5.69 Å². The highest BCUT2D eigenvalue weighted by Gasteiger charge is 2.30. The Morgan fingerprint density at radius 3 is 2.14 bits per heavy atom. The normalized spacial score (nSPS) is 11.2. The van der Waals surface area contributed by atoms with Crippen molar-refractivity contribution in [1.29, 1.82) is 0 Å². The predicted octanol–water partition coefficient (Wildman–Crippen LogP) is 4.79. The van der Waals surface area contributed by atoms with Gasteiger partial charge in [0.2, 0.25) is 0 Å². The van der Waals surface area contributed by atoms with Gasteiger partial charge in [-0.1, -0.05) is 12.1 Å². The molecule has 0 fully saturated rings. The number of rotatable bonds is 5. The minimum absolute atomic E-state index is 0.0120. The first kappa shape index (κ1) is 16.2. The van der Waals surface area contributed by atoms with E-state index >= 15 is 0 Å². The second-order valence-corrected chi connectivity index (χ2v) is 5.28. The van der Waals surface area contributed by atoms with E-state index in [0.717, 1.165) is 10.5 Å². The topological polar surface area (TPSA) is 52.4 Å². The molecule has 0 aliphatic heterocycles. The minimum Gasteiger partial charge on any atom is -0.406 e. The molecule has 0 amide bonds.